The third kappa shape index (κ3) is 7.47. The third-order valence-electron chi connectivity index (χ3n) is 2.14. The van der Waals surface area contributed by atoms with E-state index in [1.165, 1.54) is 24.3 Å². The van der Waals surface area contributed by atoms with E-state index in [0.717, 1.165) is 0 Å². The van der Waals surface area contributed by atoms with Gasteiger partial charge in [-0.1, -0.05) is 0 Å². The SMILES string of the molecule is NC(=O)NCCOCCOC(=O)Oc1ccc(N=O)cc1. The molecule has 1 rings (SSSR count). The van der Waals surface area contributed by atoms with Gasteiger partial charge in [-0.15, -0.1) is 4.91 Å². The first-order valence-corrected chi connectivity index (χ1v) is 6.01. The average Bonchev–Trinajstić information content (AvgIpc) is 2.46. The van der Waals surface area contributed by atoms with Crippen LogP contribution in [0.2, 0.25) is 0 Å². The normalized spacial score (nSPS) is 9.71. The summed E-state index contributed by atoms with van der Waals surface area (Å²) in [6, 6.07) is 5.03. The zero-order chi connectivity index (χ0) is 15.5. The standard InChI is InChI=1S/C12H15N3O6/c13-11(16)14-5-6-19-7-8-20-12(17)21-10-3-1-9(15-18)2-4-10/h1-4H,5-8H2,(H3,13,14,16). The van der Waals surface area contributed by atoms with Crippen LogP contribution in [0.15, 0.2) is 29.4 Å². The van der Waals surface area contributed by atoms with E-state index < -0.39 is 12.2 Å². The largest absolute Gasteiger partial charge is 0.513 e. The molecular formula is C12H15N3O6. The molecule has 0 spiro atoms. The maximum absolute atomic E-state index is 11.3. The molecule has 0 radical (unpaired) electrons. The number of hydrogen-bond acceptors (Lipinski definition) is 7. The number of nitrogens with one attached hydrogen (secondary N) is 1. The molecule has 0 aliphatic rings. The van der Waals surface area contributed by atoms with Crippen molar-refractivity contribution in [3.05, 3.63) is 29.2 Å². The molecule has 2 amide bonds. The highest BCUT2D eigenvalue weighted by atomic mass is 16.7. The Morgan fingerprint density at radius 2 is 1.86 bits per heavy atom. The molecular weight excluding hydrogens is 282 g/mol. The van der Waals surface area contributed by atoms with E-state index in [-0.39, 0.29) is 37.8 Å². The summed E-state index contributed by atoms with van der Waals surface area (Å²) in [6.45, 7) is 0.686. The van der Waals surface area contributed by atoms with Crippen molar-refractivity contribution in [2.75, 3.05) is 26.4 Å². The van der Waals surface area contributed by atoms with Gasteiger partial charge in [0.15, 0.2) is 0 Å². The second-order valence-electron chi connectivity index (χ2n) is 3.69. The van der Waals surface area contributed by atoms with Crippen LogP contribution in [-0.2, 0) is 9.47 Å². The fourth-order valence-electron chi connectivity index (χ4n) is 1.23. The van der Waals surface area contributed by atoms with Gasteiger partial charge in [-0.3, -0.25) is 0 Å². The molecule has 3 N–H and O–H groups in total. The Kier molecular flexibility index (Phi) is 7.22. The van der Waals surface area contributed by atoms with Crippen LogP contribution in [0.5, 0.6) is 5.75 Å². The number of ether oxygens (including phenoxy) is 3. The van der Waals surface area contributed by atoms with Crippen LogP contribution in [0.1, 0.15) is 0 Å². The number of nitrogens with zero attached hydrogens (tertiary/aromatic N) is 1. The first kappa shape index (κ1) is 16.4. The van der Waals surface area contributed by atoms with E-state index in [1.807, 2.05) is 0 Å². The van der Waals surface area contributed by atoms with Crippen molar-refractivity contribution in [3.63, 3.8) is 0 Å². The van der Waals surface area contributed by atoms with Crippen LogP contribution in [0.25, 0.3) is 0 Å². The van der Waals surface area contributed by atoms with Crippen molar-refractivity contribution in [1.82, 2.24) is 5.32 Å². The number of hydrogen-bond donors (Lipinski definition) is 2. The Morgan fingerprint density at radius 1 is 1.14 bits per heavy atom. The molecule has 0 aliphatic carbocycles. The lowest BCUT2D eigenvalue weighted by Crippen LogP contribution is -2.32. The second-order valence-corrected chi connectivity index (χ2v) is 3.69. The molecule has 0 aromatic heterocycles. The van der Waals surface area contributed by atoms with Crippen molar-refractivity contribution in [2.45, 2.75) is 0 Å². The molecule has 0 aliphatic heterocycles. The Bertz CT molecular complexity index is 476. The molecule has 0 saturated heterocycles. The number of carbonyl (C=O) groups excluding carboxylic acids is 2. The van der Waals surface area contributed by atoms with Crippen molar-refractivity contribution in [3.8, 4) is 5.75 Å². The van der Waals surface area contributed by atoms with E-state index in [2.05, 4.69) is 10.5 Å². The van der Waals surface area contributed by atoms with Crippen LogP contribution in [0, 0.1) is 4.91 Å². The lowest BCUT2D eigenvalue weighted by Gasteiger charge is -2.07. The summed E-state index contributed by atoms with van der Waals surface area (Å²) in [5.74, 6) is 0.235. The van der Waals surface area contributed by atoms with E-state index in [9.17, 15) is 14.5 Å². The predicted molar refractivity (Wildman–Crippen MR) is 72.3 cm³/mol. The molecule has 114 valence electrons. The molecule has 0 atom stereocenters. The highest BCUT2D eigenvalue weighted by molar-refractivity contribution is 5.71. The highest BCUT2D eigenvalue weighted by Crippen LogP contribution is 2.17. The van der Waals surface area contributed by atoms with Crippen molar-refractivity contribution >= 4 is 17.9 Å². The van der Waals surface area contributed by atoms with Crippen LogP contribution in [0.4, 0.5) is 15.3 Å². The predicted octanol–water partition coefficient (Wildman–Crippen LogP) is 1.28. The molecule has 1 aromatic rings. The van der Waals surface area contributed by atoms with E-state index in [0.29, 0.717) is 0 Å². The fraction of sp³-hybridized carbons (Fsp3) is 0.333. The quantitative estimate of drug-likeness (QED) is 0.322. The summed E-state index contributed by atoms with van der Waals surface area (Å²) >= 11 is 0. The first-order chi connectivity index (χ1) is 10.1. The molecule has 0 saturated carbocycles. The lowest BCUT2D eigenvalue weighted by molar-refractivity contribution is 0.0534. The number of urea groups is 1. The second kappa shape index (κ2) is 9.26. The Hall–Kier alpha value is -2.68. The highest BCUT2D eigenvalue weighted by Gasteiger charge is 2.06. The summed E-state index contributed by atoms with van der Waals surface area (Å²) in [4.78, 5) is 31.8. The number of nitroso groups, excluding NO2 is 1. The fourth-order valence-corrected chi connectivity index (χ4v) is 1.23. The van der Waals surface area contributed by atoms with Gasteiger partial charge in [0.1, 0.15) is 18.0 Å². The van der Waals surface area contributed by atoms with Gasteiger partial charge in [-0.25, -0.2) is 9.59 Å². The monoisotopic (exact) mass is 297 g/mol. The molecule has 1 aromatic carbocycles. The van der Waals surface area contributed by atoms with Gasteiger partial charge in [0.2, 0.25) is 0 Å². The maximum Gasteiger partial charge on any atom is 0.513 e. The zero-order valence-corrected chi connectivity index (χ0v) is 11.1. The molecule has 0 fully saturated rings. The minimum Gasteiger partial charge on any atom is -0.432 e. The number of amides is 2. The summed E-state index contributed by atoms with van der Waals surface area (Å²) < 4.78 is 14.7. The maximum atomic E-state index is 11.3. The molecule has 21 heavy (non-hydrogen) atoms. The molecule has 0 heterocycles. The number of primary amides is 1. The van der Waals surface area contributed by atoms with Gasteiger partial charge in [0.05, 0.1) is 13.2 Å². The van der Waals surface area contributed by atoms with Gasteiger partial charge >= 0.3 is 12.2 Å². The van der Waals surface area contributed by atoms with Crippen molar-refractivity contribution < 1.29 is 23.8 Å². The lowest BCUT2D eigenvalue weighted by atomic mass is 10.3. The third-order valence-corrected chi connectivity index (χ3v) is 2.14. The Morgan fingerprint density at radius 3 is 2.48 bits per heavy atom. The topological polar surface area (TPSA) is 129 Å². The average molecular weight is 297 g/mol. The van der Waals surface area contributed by atoms with E-state index >= 15 is 0 Å². The molecule has 0 unspecified atom stereocenters. The molecule has 9 nitrogen and oxygen atoms in total. The number of carbonyl (C=O) groups is 2. The van der Waals surface area contributed by atoms with Crippen LogP contribution in [-0.4, -0.2) is 38.6 Å². The van der Waals surface area contributed by atoms with Crippen LogP contribution >= 0.6 is 0 Å². The van der Waals surface area contributed by atoms with Gasteiger partial charge < -0.3 is 25.3 Å². The number of nitrogens with two attached hydrogens (primary N) is 1. The summed E-state index contributed by atoms with van der Waals surface area (Å²) in [5, 5.41) is 5.05. The van der Waals surface area contributed by atoms with Crippen molar-refractivity contribution in [1.29, 1.82) is 0 Å². The van der Waals surface area contributed by atoms with Crippen LogP contribution in [0.3, 0.4) is 0 Å². The Labute approximate surface area is 120 Å². The van der Waals surface area contributed by atoms with E-state index in [1.54, 1.807) is 0 Å². The Balaban J connectivity index is 2.10. The zero-order valence-electron chi connectivity index (χ0n) is 11.1. The van der Waals surface area contributed by atoms with Gasteiger partial charge in [-0.2, -0.15) is 0 Å². The summed E-state index contributed by atoms with van der Waals surface area (Å²) in [5.41, 5.74) is 5.08. The number of benzene rings is 1. The smallest absolute Gasteiger partial charge is 0.432 e. The number of rotatable bonds is 8. The molecule has 0 bridgehead atoms. The minimum atomic E-state index is -0.888. The van der Waals surface area contributed by atoms with Gasteiger partial charge in [0, 0.05) is 6.54 Å². The summed E-state index contributed by atoms with van der Waals surface area (Å²) in [7, 11) is 0. The van der Waals surface area contributed by atoms with Crippen molar-refractivity contribution in [2.24, 2.45) is 10.9 Å². The molecule has 9 heteroatoms. The van der Waals surface area contributed by atoms with Gasteiger partial charge in [-0.05, 0) is 29.4 Å². The summed E-state index contributed by atoms with van der Waals surface area (Å²) in [6.07, 6.45) is -0.888. The van der Waals surface area contributed by atoms with E-state index in [4.69, 9.17) is 19.9 Å². The van der Waals surface area contributed by atoms with Gasteiger partial charge in [0.25, 0.3) is 0 Å². The first-order valence-electron chi connectivity index (χ1n) is 6.01. The van der Waals surface area contributed by atoms with Crippen LogP contribution < -0.4 is 15.8 Å². The minimum absolute atomic E-state index is 0.00335.